The van der Waals surface area contributed by atoms with Gasteiger partial charge in [0.2, 0.25) is 5.76 Å². The van der Waals surface area contributed by atoms with E-state index in [1.165, 1.54) is 0 Å². The minimum Gasteiger partial charge on any atom is -0.494 e. The number of carbonyl (C=O) groups excluding carboxylic acids is 1. The van der Waals surface area contributed by atoms with Crippen LogP contribution >= 0.6 is 0 Å². The zero-order chi connectivity index (χ0) is 23.8. The lowest BCUT2D eigenvalue weighted by atomic mass is 9.98. The molecule has 34 heavy (non-hydrogen) atoms. The number of pyridine rings is 1. The molecule has 0 bridgehead atoms. The molecule has 0 saturated carbocycles. The second kappa shape index (κ2) is 8.78. The lowest BCUT2D eigenvalue weighted by Crippen LogP contribution is -2.30. The van der Waals surface area contributed by atoms with Crippen LogP contribution in [0.3, 0.4) is 0 Å². The van der Waals surface area contributed by atoms with Crippen molar-refractivity contribution in [1.82, 2.24) is 4.98 Å². The van der Waals surface area contributed by atoms with Crippen molar-refractivity contribution in [2.75, 3.05) is 11.5 Å². The van der Waals surface area contributed by atoms with Crippen LogP contribution in [0.4, 0.5) is 5.82 Å². The van der Waals surface area contributed by atoms with Gasteiger partial charge in [-0.15, -0.1) is 0 Å². The number of aromatic nitrogens is 1. The molecule has 0 radical (unpaired) electrons. The lowest BCUT2D eigenvalue weighted by molar-refractivity contribution is 0.0970. The Hall–Kier alpha value is -3.93. The molecule has 6 nitrogen and oxygen atoms in total. The molecule has 3 heterocycles. The second-order valence-corrected chi connectivity index (χ2v) is 9.05. The number of anilines is 1. The maximum atomic E-state index is 13.6. The van der Waals surface area contributed by atoms with Crippen LogP contribution in [0, 0.1) is 12.8 Å². The number of carbonyl (C=O) groups is 1. The molecule has 0 saturated heterocycles. The maximum Gasteiger partial charge on any atom is 0.296 e. The third-order valence-electron chi connectivity index (χ3n) is 6.06. The molecule has 0 N–H and O–H groups in total. The molecule has 1 aliphatic heterocycles. The van der Waals surface area contributed by atoms with Crippen LogP contribution in [0.5, 0.6) is 5.75 Å². The monoisotopic (exact) mass is 454 g/mol. The summed E-state index contributed by atoms with van der Waals surface area (Å²) in [5, 5.41) is 0.446. The van der Waals surface area contributed by atoms with Gasteiger partial charge in [0.25, 0.3) is 5.91 Å². The molecule has 0 aliphatic carbocycles. The quantitative estimate of drug-likeness (QED) is 0.375. The number of aryl methyl sites for hydroxylation is 1. The number of rotatable bonds is 6. The predicted molar refractivity (Wildman–Crippen MR) is 132 cm³/mol. The Morgan fingerprint density at radius 2 is 1.88 bits per heavy atom. The van der Waals surface area contributed by atoms with E-state index in [1.54, 1.807) is 41.4 Å². The van der Waals surface area contributed by atoms with Crippen molar-refractivity contribution >= 4 is 22.7 Å². The first-order valence-corrected chi connectivity index (χ1v) is 11.5. The van der Waals surface area contributed by atoms with E-state index in [9.17, 15) is 9.59 Å². The highest BCUT2D eigenvalue weighted by Gasteiger charge is 2.44. The van der Waals surface area contributed by atoms with Gasteiger partial charge in [-0.25, -0.2) is 4.98 Å². The summed E-state index contributed by atoms with van der Waals surface area (Å²) in [6.45, 7) is 6.83. The van der Waals surface area contributed by atoms with Gasteiger partial charge in [-0.3, -0.25) is 14.5 Å². The summed E-state index contributed by atoms with van der Waals surface area (Å²) in [5.74, 6) is 1.36. The summed E-state index contributed by atoms with van der Waals surface area (Å²) in [6.07, 6.45) is 2.64. The number of fused-ring (bicyclic) bond motifs is 2. The van der Waals surface area contributed by atoms with E-state index in [-0.39, 0.29) is 17.1 Å². The number of benzene rings is 2. The third-order valence-corrected chi connectivity index (χ3v) is 6.06. The summed E-state index contributed by atoms with van der Waals surface area (Å²) in [4.78, 5) is 33.3. The summed E-state index contributed by atoms with van der Waals surface area (Å²) >= 11 is 0. The zero-order valence-electron chi connectivity index (χ0n) is 19.4. The van der Waals surface area contributed by atoms with Gasteiger partial charge >= 0.3 is 0 Å². The first-order chi connectivity index (χ1) is 16.4. The van der Waals surface area contributed by atoms with E-state index in [4.69, 9.17) is 9.15 Å². The molecule has 1 atom stereocenters. The van der Waals surface area contributed by atoms with E-state index < -0.39 is 6.04 Å². The molecule has 0 spiro atoms. The Bertz CT molecular complexity index is 1420. The Kier molecular flexibility index (Phi) is 5.65. The molecule has 6 heteroatoms. The maximum absolute atomic E-state index is 13.6. The number of hydrogen-bond donors (Lipinski definition) is 0. The molecule has 172 valence electrons. The summed E-state index contributed by atoms with van der Waals surface area (Å²) in [5.41, 5.74) is 2.24. The highest BCUT2D eigenvalue weighted by Crippen LogP contribution is 2.41. The Morgan fingerprint density at radius 3 is 2.65 bits per heavy atom. The summed E-state index contributed by atoms with van der Waals surface area (Å²) in [6, 6.07) is 17.6. The smallest absolute Gasteiger partial charge is 0.296 e. The molecule has 5 rings (SSSR count). The standard InChI is InChI=1S/C28H26N2O4/c1-17(2)13-14-33-20-8-6-7-19(15-20)25-24-26(31)21-9-4-5-10-22(21)34-27(24)28(32)30(25)23-12-11-18(3)16-29-23/h4-12,15-17,25H,13-14H2,1-3H3. The fourth-order valence-corrected chi connectivity index (χ4v) is 4.26. The number of nitrogens with zero attached hydrogens (tertiary/aromatic N) is 2. The van der Waals surface area contributed by atoms with E-state index in [0.29, 0.717) is 40.6 Å². The van der Waals surface area contributed by atoms with Crippen LogP contribution < -0.4 is 15.1 Å². The highest BCUT2D eigenvalue weighted by molar-refractivity contribution is 6.10. The Labute approximate surface area is 197 Å². The zero-order valence-corrected chi connectivity index (χ0v) is 19.4. The van der Waals surface area contributed by atoms with Crippen molar-refractivity contribution in [3.05, 3.63) is 99.5 Å². The van der Waals surface area contributed by atoms with E-state index in [1.807, 2.05) is 37.3 Å². The molecular formula is C28H26N2O4. The van der Waals surface area contributed by atoms with Gasteiger partial charge in [0.1, 0.15) is 17.2 Å². The molecule has 1 amide bonds. The third kappa shape index (κ3) is 3.85. The topological polar surface area (TPSA) is 72.6 Å². The molecular weight excluding hydrogens is 428 g/mol. The molecule has 0 fully saturated rings. The van der Waals surface area contributed by atoms with Crippen molar-refractivity contribution in [3.8, 4) is 5.75 Å². The van der Waals surface area contributed by atoms with Crippen molar-refractivity contribution in [3.63, 3.8) is 0 Å². The first-order valence-electron chi connectivity index (χ1n) is 11.5. The van der Waals surface area contributed by atoms with Crippen molar-refractivity contribution in [2.45, 2.75) is 33.2 Å². The van der Waals surface area contributed by atoms with Crippen LogP contribution in [0.1, 0.15) is 53.6 Å². The van der Waals surface area contributed by atoms with Gasteiger partial charge in [0.15, 0.2) is 5.43 Å². The average molecular weight is 455 g/mol. The first kappa shape index (κ1) is 21.9. The van der Waals surface area contributed by atoms with Gasteiger partial charge in [-0.05, 0) is 60.7 Å². The van der Waals surface area contributed by atoms with Crippen molar-refractivity contribution < 1.29 is 13.9 Å². The Morgan fingerprint density at radius 1 is 1.06 bits per heavy atom. The number of amides is 1. The minimum atomic E-state index is -0.674. The van der Waals surface area contributed by atoms with E-state index in [2.05, 4.69) is 18.8 Å². The predicted octanol–water partition coefficient (Wildman–Crippen LogP) is 5.67. The van der Waals surface area contributed by atoms with Crippen LogP contribution in [0.25, 0.3) is 11.0 Å². The van der Waals surface area contributed by atoms with Gasteiger partial charge < -0.3 is 9.15 Å². The number of ether oxygens (including phenoxy) is 1. The second-order valence-electron chi connectivity index (χ2n) is 9.05. The van der Waals surface area contributed by atoms with Gasteiger partial charge in [-0.2, -0.15) is 0 Å². The summed E-state index contributed by atoms with van der Waals surface area (Å²) < 4.78 is 12.0. The highest BCUT2D eigenvalue weighted by atomic mass is 16.5. The molecule has 1 aliphatic rings. The largest absolute Gasteiger partial charge is 0.494 e. The van der Waals surface area contributed by atoms with Crippen molar-refractivity contribution in [1.29, 1.82) is 0 Å². The Balaban J connectivity index is 1.67. The van der Waals surface area contributed by atoms with Crippen LogP contribution in [0.2, 0.25) is 0 Å². The van der Waals surface area contributed by atoms with Crippen LogP contribution in [0.15, 0.2) is 76.1 Å². The minimum absolute atomic E-state index is 0.0576. The molecule has 2 aromatic carbocycles. The van der Waals surface area contributed by atoms with E-state index in [0.717, 1.165) is 17.5 Å². The molecule has 4 aromatic rings. The van der Waals surface area contributed by atoms with Gasteiger partial charge in [0.05, 0.1) is 23.6 Å². The lowest BCUT2D eigenvalue weighted by Gasteiger charge is -2.24. The molecule has 1 unspecified atom stereocenters. The normalized spacial score (nSPS) is 15.2. The van der Waals surface area contributed by atoms with Crippen LogP contribution in [-0.4, -0.2) is 17.5 Å². The van der Waals surface area contributed by atoms with E-state index >= 15 is 0 Å². The SMILES string of the molecule is Cc1ccc(N2C(=O)c3oc4ccccc4c(=O)c3C2c2cccc(OCCC(C)C)c2)nc1. The summed E-state index contributed by atoms with van der Waals surface area (Å²) in [7, 11) is 0. The van der Waals surface area contributed by atoms with Crippen molar-refractivity contribution in [2.24, 2.45) is 5.92 Å². The number of hydrogen-bond acceptors (Lipinski definition) is 5. The average Bonchev–Trinajstić information content (AvgIpc) is 3.12. The molecule has 2 aromatic heterocycles. The fourth-order valence-electron chi connectivity index (χ4n) is 4.26. The van der Waals surface area contributed by atoms with Gasteiger partial charge in [0, 0.05) is 6.20 Å². The number of para-hydroxylation sites is 1. The fraction of sp³-hybridized carbons (Fsp3) is 0.250. The van der Waals surface area contributed by atoms with Crippen LogP contribution in [-0.2, 0) is 0 Å². The van der Waals surface area contributed by atoms with Gasteiger partial charge in [-0.1, -0.05) is 44.2 Å².